The van der Waals surface area contributed by atoms with E-state index in [9.17, 15) is 4.79 Å². The largest absolute Gasteiger partial charge is 0.368 e. The summed E-state index contributed by atoms with van der Waals surface area (Å²) in [6, 6.07) is 3.99. The van der Waals surface area contributed by atoms with E-state index < -0.39 is 0 Å². The van der Waals surface area contributed by atoms with Crippen LogP contribution in [0.2, 0.25) is 0 Å². The second-order valence-corrected chi connectivity index (χ2v) is 7.22. The molecule has 1 fully saturated rings. The minimum Gasteiger partial charge on any atom is -0.368 e. The molecule has 29 heavy (non-hydrogen) atoms. The van der Waals surface area contributed by atoms with E-state index in [-0.39, 0.29) is 5.91 Å². The predicted molar refractivity (Wildman–Crippen MR) is 110 cm³/mol. The number of aromatic nitrogens is 4. The van der Waals surface area contributed by atoms with Crippen LogP contribution in [0.5, 0.6) is 0 Å². The van der Waals surface area contributed by atoms with Gasteiger partial charge in [-0.1, -0.05) is 0 Å². The molecule has 3 aromatic heterocycles. The van der Waals surface area contributed by atoms with Gasteiger partial charge in [0.25, 0.3) is 5.91 Å². The lowest BCUT2D eigenvalue weighted by Gasteiger charge is -2.29. The van der Waals surface area contributed by atoms with E-state index in [1.807, 2.05) is 25.5 Å². The van der Waals surface area contributed by atoms with Gasteiger partial charge in [0.05, 0.1) is 41.2 Å². The Balaban J connectivity index is 1.43. The Kier molecular flexibility index (Phi) is 4.36. The number of nitrogens with one attached hydrogen (secondary N) is 3. The number of fused-ring (bicyclic) bond motifs is 1. The van der Waals surface area contributed by atoms with Crippen LogP contribution in [0.3, 0.4) is 0 Å². The normalized spacial score (nSPS) is 15.9. The molecule has 0 atom stereocenters. The van der Waals surface area contributed by atoms with Gasteiger partial charge in [0, 0.05) is 57.1 Å². The fraction of sp³-hybridized carbons (Fsp3) is 0.300. The molecule has 1 amide bonds. The van der Waals surface area contributed by atoms with Crippen LogP contribution in [0.25, 0.3) is 11.3 Å². The molecule has 9 nitrogen and oxygen atoms in total. The van der Waals surface area contributed by atoms with Crippen molar-refractivity contribution in [2.24, 2.45) is 7.05 Å². The van der Waals surface area contributed by atoms with Crippen molar-refractivity contribution in [2.75, 3.05) is 36.4 Å². The number of carbonyl (C=O) groups is 1. The first kappa shape index (κ1) is 17.6. The molecule has 3 aromatic rings. The van der Waals surface area contributed by atoms with Gasteiger partial charge in [-0.3, -0.25) is 14.5 Å². The highest BCUT2D eigenvalue weighted by molar-refractivity contribution is 6.05. The quantitative estimate of drug-likeness (QED) is 0.617. The number of hydrogen-bond acceptors (Lipinski definition) is 7. The number of rotatable bonds is 4. The summed E-state index contributed by atoms with van der Waals surface area (Å²) in [4.78, 5) is 23.9. The highest BCUT2D eigenvalue weighted by atomic mass is 16.1. The number of pyridine rings is 2. The van der Waals surface area contributed by atoms with Crippen LogP contribution in [-0.4, -0.2) is 51.8 Å². The minimum atomic E-state index is -0.104. The van der Waals surface area contributed by atoms with Crippen LogP contribution < -0.4 is 20.9 Å². The Bertz CT molecular complexity index is 1050. The molecule has 5 heterocycles. The van der Waals surface area contributed by atoms with E-state index in [2.05, 4.69) is 42.0 Å². The topological polar surface area (TPSA) is 100 Å². The molecule has 5 rings (SSSR count). The third-order valence-electron chi connectivity index (χ3n) is 5.30. The molecule has 3 N–H and O–H groups in total. The second-order valence-electron chi connectivity index (χ2n) is 7.22. The predicted octanol–water partition coefficient (Wildman–Crippen LogP) is 1.27. The maximum atomic E-state index is 12.5. The molecule has 2 aliphatic heterocycles. The fourth-order valence-electron chi connectivity index (χ4n) is 3.84. The number of carbonyl (C=O) groups excluding carboxylic acids is 1. The van der Waals surface area contributed by atoms with Crippen molar-refractivity contribution in [3.05, 3.63) is 48.0 Å². The van der Waals surface area contributed by atoms with E-state index in [0.29, 0.717) is 23.6 Å². The summed E-state index contributed by atoms with van der Waals surface area (Å²) in [5.41, 5.74) is 4.93. The number of aryl methyl sites for hydroxylation is 1. The lowest BCUT2D eigenvalue weighted by molar-refractivity contribution is 0.0966. The maximum Gasteiger partial charge on any atom is 0.254 e. The Labute approximate surface area is 168 Å². The van der Waals surface area contributed by atoms with Crippen molar-refractivity contribution in [3.63, 3.8) is 0 Å². The Morgan fingerprint density at radius 2 is 1.97 bits per heavy atom. The Morgan fingerprint density at radius 3 is 2.69 bits per heavy atom. The van der Waals surface area contributed by atoms with Crippen LogP contribution in [0, 0.1) is 0 Å². The number of nitrogens with zero attached hydrogens (tertiary/aromatic N) is 5. The standard InChI is InChI=1S/C20H22N8O/c1-27-12-13(8-25-27)19-15-10-24-20(29)18(15)16(11-23-19)26-17-3-2-14(9-22-17)28-6-4-21-5-7-28/h2-3,8-9,11-12,21H,4-7,10H2,1H3,(H,22,26)(H,24,29). The molecule has 148 valence electrons. The minimum absolute atomic E-state index is 0.104. The molecule has 0 spiro atoms. The molecule has 0 bridgehead atoms. The summed E-state index contributed by atoms with van der Waals surface area (Å²) in [6.07, 6.45) is 7.22. The molecule has 0 aliphatic carbocycles. The maximum absolute atomic E-state index is 12.5. The Hall–Kier alpha value is -3.46. The van der Waals surface area contributed by atoms with Gasteiger partial charge in [0.1, 0.15) is 5.82 Å². The zero-order chi connectivity index (χ0) is 19.8. The Morgan fingerprint density at radius 1 is 1.10 bits per heavy atom. The first-order valence-electron chi connectivity index (χ1n) is 9.67. The summed E-state index contributed by atoms with van der Waals surface area (Å²) in [5.74, 6) is 0.578. The third-order valence-corrected chi connectivity index (χ3v) is 5.30. The summed E-state index contributed by atoms with van der Waals surface area (Å²) in [7, 11) is 1.86. The molecule has 1 saturated heterocycles. The number of hydrogen-bond donors (Lipinski definition) is 3. The van der Waals surface area contributed by atoms with Crippen molar-refractivity contribution in [3.8, 4) is 11.3 Å². The summed E-state index contributed by atoms with van der Waals surface area (Å²) in [6.45, 7) is 4.37. The van der Waals surface area contributed by atoms with Gasteiger partial charge in [-0.25, -0.2) is 4.98 Å². The highest BCUT2D eigenvalue weighted by Gasteiger charge is 2.27. The van der Waals surface area contributed by atoms with Gasteiger partial charge in [-0.05, 0) is 12.1 Å². The second kappa shape index (κ2) is 7.17. The van der Waals surface area contributed by atoms with Crippen LogP contribution in [0.1, 0.15) is 15.9 Å². The molecule has 0 unspecified atom stereocenters. The van der Waals surface area contributed by atoms with E-state index in [1.165, 1.54) is 0 Å². The van der Waals surface area contributed by atoms with Crippen LogP contribution in [0.15, 0.2) is 36.9 Å². The van der Waals surface area contributed by atoms with Crippen LogP contribution in [0.4, 0.5) is 17.2 Å². The number of anilines is 3. The van der Waals surface area contributed by atoms with Crippen molar-refractivity contribution >= 4 is 23.1 Å². The smallest absolute Gasteiger partial charge is 0.254 e. The lowest BCUT2D eigenvalue weighted by atomic mass is 10.0. The molecule has 0 aromatic carbocycles. The molecule has 2 aliphatic rings. The van der Waals surface area contributed by atoms with Gasteiger partial charge in [-0.15, -0.1) is 0 Å². The van der Waals surface area contributed by atoms with Crippen molar-refractivity contribution in [1.29, 1.82) is 0 Å². The lowest BCUT2D eigenvalue weighted by Crippen LogP contribution is -2.43. The van der Waals surface area contributed by atoms with E-state index in [1.54, 1.807) is 17.1 Å². The van der Waals surface area contributed by atoms with Crippen molar-refractivity contribution in [1.82, 2.24) is 30.4 Å². The SMILES string of the molecule is Cn1cc(-c2ncc(Nc3ccc(N4CCNCC4)cn3)c3c2CNC3=O)cn1. The van der Waals surface area contributed by atoms with Gasteiger partial charge in [-0.2, -0.15) is 5.10 Å². The monoisotopic (exact) mass is 390 g/mol. The zero-order valence-corrected chi connectivity index (χ0v) is 16.1. The highest BCUT2D eigenvalue weighted by Crippen LogP contribution is 2.33. The van der Waals surface area contributed by atoms with E-state index in [0.717, 1.165) is 48.7 Å². The first-order chi connectivity index (χ1) is 14.2. The fourth-order valence-corrected chi connectivity index (χ4v) is 3.84. The number of amides is 1. The average molecular weight is 390 g/mol. The van der Waals surface area contributed by atoms with Gasteiger partial charge in [0.15, 0.2) is 0 Å². The van der Waals surface area contributed by atoms with Gasteiger partial charge >= 0.3 is 0 Å². The molecule has 0 radical (unpaired) electrons. The van der Waals surface area contributed by atoms with Gasteiger partial charge < -0.3 is 20.9 Å². The number of piperazine rings is 1. The van der Waals surface area contributed by atoms with E-state index >= 15 is 0 Å². The summed E-state index contributed by atoms with van der Waals surface area (Å²) < 4.78 is 1.73. The van der Waals surface area contributed by atoms with Crippen LogP contribution >= 0.6 is 0 Å². The van der Waals surface area contributed by atoms with Crippen molar-refractivity contribution < 1.29 is 4.79 Å². The average Bonchev–Trinajstić information content (AvgIpc) is 3.36. The molecular formula is C20H22N8O. The third kappa shape index (κ3) is 3.29. The zero-order valence-electron chi connectivity index (χ0n) is 16.1. The summed E-state index contributed by atoms with van der Waals surface area (Å²) >= 11 is 0. The molecule has 9 heteroatoms. The summed E-state index contributed by atoms with van der Waals surface area (Å²) in [5, 5.41) is 13.7. The van der Waals surface area contributed by atoms with Gasteiger partial charge in [0.2, 0.25) is 0 Å². The molecular weight excluding hydrogens is 368 g/mol. The van der Waals surface area contributed by atoms with Crippen LogP contribution in [-0.2, 0) is 13.6 Å². The molecule has 0 saturated carbocycles. The first-order valence-corrected chi connectivity index (χ1v) is 9.67. The van der Waals surface area contributed by atoms with E-state index in [4.69, 9.17) is 0 Å². The van der Waals surface area contributed by atoms with Crippen molar-refractivity contribution in [2.45, 2.75) is 6.54 Å².